The molecule has 0 fully saturated rings. The molecule has 0 aliphatic heterocycles. The zero-order chi connectivity index (χ0) is 14.0. The van der Waals surface area contributed by atoms with Crippen LogP contribution < -0.4 is 5.73 Å². The predicted molar refractivity (Wildman–Crippen MR) is 54.2 cm³/mol. The monoisotopic (exact) mass is 269 g/mol. The maximum Gasteiger partial charge on any atom is 0.200 e. The summed E-state index contributed by atoms with van der Waals surface area (Å²) in [6.45, 7) is 2.94. The molecular formula is C11H12F5NO. The summed E-state index contributed by atoms with van der Waals surface area (Å²) in [7, 11) is 0. The Kier molecular flexibility index (Phi) is 4.64. The largest absolute Gasteiger partial charge is 0.377 e. The van der Waals surface area contributed by atoms with E-state index in [2.05, 4.69) is 0 Å². The molecule has 0 amide bonds. The van der Waals surface area contributed by atoms with E-state index in [0.29, 0.717) is 0 Å². The van der Waals surface area contributed by atoms with Crippen LogP contribution in [0.1, 0.15) is 25.5 Å². The molecule has 1 aromatic carbocycles. The van der Waals surface area contributed by atoms with Gasteiger partial charge in [-0.15, -0.1) is 0 Å². The molecule has 0 aromatic heterocycles. The van der Waals surface area contributed by atoms with Gasteiger partial charge in [-0.3, -0.25) is 0 Å². The van der Waals surface area contributed by atoms with Crippen LogP contribution in [0.2, 0.25) is 0 Å². The molecule has 0 saturated carbocycles. The number of nitrogens with two attached hydrogens (primary N) is 1. The maximum atomic E-state index is 13.3. The van der Waals surface area contributed by atoms with E-state index < -0.39 is 40.7 Å². The number of benzene rings is 1. The Morgan fingerprint density at radius 3 is 1.67 bits per heavy atom. The fourth-order valence-electron chi connectivity index (χ4n) is 1.33. The molecule has 1 atom stereocenters. The van der Waals surface area contributed by atoms with Crippen molar-refractivity contribution in [1.82, 2.24) is 0 Å². The van der Waals surface area contributed by atoms with Crippen LogP contribution in [0.25, 0.3) is 0 Å². The van der Waals surface area contributed by atoms with Crippen LogP contribution in [-0.2, 0) is 4.74 Å². The summed E-state index contributed by atoms with van der Waals surface area (Å²) < 4.78 is 70.2. The molecule has 0 aliphatic carbocycles. The van der Waals surface area contributed by atoms with Crippen molar-refractivity contribution in [3.05, 3.63) is 34.6 Å². The van der Waals surface area contributed by atoms with Gasteiger partial charge in [0.1, 0.15) is 0 Å². The molecular weight excluding hydrogens is 257 g/mol. The van der Waals surface area contributed by atoms with Gasteiger partial charge in [0.15, 0.2) is 23.3 Å². The Balaban J connectivity index is 3.16. The second-order valence-electron chi connectivity index (χ2n) is 3.97. The van der Waals surface area contributed by atoms with Gasteiger partial charge >= 0.3 is 0 Å². The molecule has 0 spiro atoms. The van der Waals surface area contributed by atoms with Crippen molar-refractivity contribution in [2.75, 3.05) is 6.61 Å². The van der Waals surface area contributed by atoms with E-state index in [0.717, 1.165) is 0 Å². The summed E-state index contributed by atoms with van der Waals surface area (Å²) in [6.07, 6.45) is -0.280. The highest BCUT2D eigenvalue weighted by atomic mass is 19.2. The molecule has 102 valence electrons. The van der Waals surface area contributed by atoms with Crippen LogP contribution in [0.15, 0.2) is 0 Å². The van der Waals surface area contributed by atoms with E-state index in [1.807, 2.05) is 0 Å². The van der Waals surface area contributed by atoms with Crippen molar-refractivity contribution < 1.29 is 26.7 Å². The van der Waals surface area contributed by atoms with Gasteiger partial charge in [0, 0.05) is 5.56 Å². The third kappa shape index (κ3) is 2.78. The van der Waals surface area contributed by atoms with Crippen molar-refractivity contribution in [1.29, 1.82) is 0 Å². The Labute approximate surface area is 101 Å². The fourth-order valence-corrected chi connectivity index (χ4v) is 1.33. The first-order valence-corrected chi connectivity index (χ1v) is 5.15. The van der Waals surface area contributed by atoms with Crippen LogP contribution in [0.5, 0.6) is 0 Å². The summed E-state index contributed by atoms with van der Waals surface area (Å²) in [5.41, 5.74) is 4.31. The molecule has 2 N–H and O–H groups in total. The minimum atomic E-state index is -2.20. The van der Waals surface area contributed by atoms with Crippen molar-refractivity contribution in [3.63, 3.8) is 0 Å². The normalized spacial score (nSPS) is 13.2. The molecule has 0 aliphatic rings. The zero-order valence-electron chi connectivity index (χ0n) is 9.74. The smallest absolute Gasteiger partial charge is 0.200 e. The molecule has 7 heteroatoms. The van der Waals surface area contributed by atoms with Crippen LogP contribution in [-0.4, -0.2) is 12.7 Å². The van der Waals surface area contributed by atoms with E-state index in [-0.39, 0.29) is 12.7 Å². The fraction of sp³-hybridized carbons (Fsp3) is 0.455. The second-order valence-corrected chi connectivity index (χ2v) is 3.97. The topological polar surface area (TPSA) is 35.2 Å². The second kappa shape index (κ2) is 5.62. The first-order valence-electron chi connectivity index (χ1n) is 5.15. The van der Waals surface area contributed by atoms with E-state index in [4.69, 9.17) is 10.5 Å². The first-order chi connectivity index (χ1) is 8.27. The average molecular weight is 269 g/mol. The summed E-state index contributed by atoms with van der Waals surface area (Å²) in [4.78, 5) is 0. The van der Waals surface area contributed by atoms with Gasteiger partial charge in [0.25, 0.3) is 0 Å². The van der Waals surface area contributed by atoms with Crippen molar-refractivity contribution >= 4 is 0 Å². The Hall–Kier alpha value is -1.21. The number of hydrogen-bond acceptors (Lipinski definition) is 2. The van der Waals surface area contributed by atoms with Gasteiger partial charge in [-0.25, -0.2) is 22.0 Å². The Bertz CT molecular complexity index is 421. The van der Waals surface area contributed by atoms with Crippen LogP contribution >= 0.6 is 0 Å². The molecule has 0 bridgehead atoms. The number of hydrogen-bond donors (Lipinski definition) is 1. The summed E-state index contributed by atoms with van der Waals surface area (Å²) in [5, 5.41) is 0. The summed E-state index contributed by atoms with van der Waals surface area (Å²) in [5.74, 6) is -10.1. The quantitative estimate of drug-likeness (QED) is 0.518. The lowest BCUT2D eigenvalue weighted by atomic mass is 10.1. The van der Waals surface area contributed by atoms with E-state index in [9.17, 15) is 22.0 Å². The zero-order valence-corrected chi connectivity index (χ0v) is 9.74. The van der Waals surface area contributed by atoms with Gasteiger partial charge < -0.3 is 10.5 Å². The third-order valence-electron chi connectivity index (χ3n) is 2.22. The minimum Gasteiger partial charge on any atom is -0.377 e. The lowest BCUT2D eigenvalue weighted by molar-refractivity contribution is 0.0666. The molecule has 0 heterocycles. The molecule has 1 rings (SSSR count). The summed E-state index contributed by atoms with van der Waals surface area (Å²) in [6, 6.07) is -1.43. The van der Waals surface area contributed by atoms with E-state index >= 15 is 0 Å². The Morgan fingerprint density at radius 1 is 0.889 bits per heavy atom. The molecule has 1 aromatic rings. The van der Waals surface area contributed by atoms with E-state index in [1.54, 1.807) is 13.8 Å². The highest BCUT2D eigenvalue weighted by Gasteiger charge is 2.28. The first kappa shape index (κ1) is 14.8. The molecule has 1 unspecified atom stereocenters. The third-order valence-corrected chi connectivity index (χ3v) is 2.22. The number of rotatable bonds is 4. The predicted octanol–water partition coefficient (Wildman–Crippen LogP) is 2.81. The van der Waals surface area contributed by atoms with E-state index in [1.165, 1.54) is 0 Å². The SMILES string of the molecule is CC(C)OCC(N)c1c(F)c(F)c(F)c(F)c1F. The Morgan fingerprint density at radius 2 is 1.28 bits per heavy atom. The minimum absolute atomic E-state index is 0.280. The van der Waals surface area contributed by atoms with Gasteiger partial charge in [-0.1, -0.05) is 0 Å². The molecule has 0 radical (unpaired) electrons. The van der Waals surface area contributed by atoms with Gasteiger partial charge in [0.05, 0.1) is 18.8 Å². The number of ether oxygens (including phenoxy) is 1. The van der Waals surface area contributed by atoms with Crippen LogP contribution in [0, 0.1) is 29.1 Å². The summed E-state index contributed by atoms with van der Waals surface area (Å²) >= 11 is 0. The number of halogens is 5. The van der Waals surface area contributed by atoms with Gasteiger partial charge in [-0.2, -0.15) is 0 Å². The van der Waals surface area contributed by atoms with Crippen LogP contribution in [0.4, 0.5) is 22.0 Å². The highest BCUT2D eigenvalue weighted by molar-refractivity contribution is 5.26. The van der Waals surface area contributed by atoms with Gasteiger partial charge in [0.2, 0.25) is 5.82 Å². The van der Waals surface area contributed by atoms with Gasteiger partial charge in [-0.05, 0) is 13.8 Å². The van der Waals surface area contributed by atoms with Crippen molar-refractivity contribution in [3.8, 4) is 0 Å². The van der Waals surface area contributed by atoms with Crippen molar-refractivity contribution in [2.45, 2.75) is 26.0 Å². The molecule has 18 heavy (non-hydrogen) atoms. The highest BCUT2D eigenvalue weighted by Crippen LogP contribution is 2.27. The average Bonchev–Trinajstić information content (AvgIpc) is 2.31. The van der Waals surface area contributed by atoms with Crippen LogP contribution in [0.3, 0.4) is 0 Å². The maximum absolute atomic E-state index is 13.3. The lowest BCUT2D eigenvalue weighted by Gasteiger charge is -2.17. The van der Waals surface area contributed by atoms with Crippen molar-refractivity contribution in [2.24, 2.45) is 5.73 Å². The molecule has 0 saturated heterocycles. The standard InChI is InChI=1S/C11H12F5NO/c1-4(2)18-3-5(17)6-7(12)9(14)11(16)10(15)8(6)13/h4-5H,3,17H2,1-2H3. The molecule has 2 nitrogen and oxygen atoms in total. The lowest BCUT2D eigenvalue weighted by Crippen LogP contribution is -2.24.